The molecule has 6 fully saturated rings. The minimum absolute atomic E-state index is 0.0361. The fraction of sp³-hybridized carbons (Fsp3) is 0.929. The number of aliphatic hydroxyl groups is 8. The Morgan fingerprint density at radius 1 is 0.786 bits per heavy atom. The van der Waals surface area contributed by atoms with E-state index in [0.29, 0.717) is 38.5 Å². The van der Waals surface area contributed by atoms with Crippen LogP contribution in [0, 0.1) is 50.2 Å². The molecule has 20 atom stereocenters. The fourth-order valence-corrected chi connectivity index (χ4v) is 13.7. The topological polar surface area (TPSA) is 236 Å². The summed E-state index contributed by atoms with van der Waals surface area (Å²) in [6.07, 6.45) is -9.98. The molecule has 2 heterocycles. The van der Waals surface area contributed by atoms with Crippen LogP contribution in [0.15, 0.2) is 11.6 Å². The number of carboxylic acids is 1. The van der Waals surface area contributed by atoms with Gasteiger partial charge in [0, 0.05) is 5.92 Å². The minimum atomic E-state index is -1.71. The van der Waals surface area contributed by atoms with Crippen molar-refractivity contribution in [3.63, 3.8) is 0 Å². The van der Waals surface area contributed by atoms with Gasteiger partial charge in [0.15, 0.2) is 12.6 Å². The van der Waals surface area contributed by atoms with Gasteiger partial charge in [-0.2, -0.15) is 0 Å². The lowest BCUT2D eigenvalue weighted by Gasteiger charge is -2.72. The first-order valence-corrected chi connectivity index (χ1v) is 20.9. The summed E-state index contributed by atoms with van der Waals surface area (Å²) in [7, 11) is 0. The lowest BCUT2D eigenvalue weighted by molar-refractivity contribution is -0.381. The van der Waals surface area contributed by atoms with Crippen molar-refractivity contribution in [2.24, 2.45) is 50.2 Å². The zero-order valence-corrected chi connectivity index (χ0v) is 34.2. The smallest absolute Gasteiger partial charge is 0.310 e. The second kappa shape index (κ2) is 14.2. The van der Waals surface area contributed by atoms with Gasteiger partial charge >= 0.3 is 5.97 Å². The molecule has 14 nitrogen and oxygen atoms in total. The van der Waals surface area contributed by atoms with E-state index < -0.39 is 114 Å². The molecule has 56 heavy (non-hydrogen) atoms. The fourth-order valence-electron chi connectivity index (χ4n) is 13.7. The molecular formula is C42H68O14. The highest BCUT2D eigenvalue weighted by Crippen LogP contribution is 2.76. The van der Waals surface area contributed by atoms with Gasteiger partial charge in [0.05, 0.1) is 36.4 Å². The highest BCUT2D eigenvalue weighted by molar-refractivity contribution is 5.77. The first kappa shape index (κ1) is 42.8. The molecule has 0 spiro atoms. The summed E-state index contributed by atoms with van der Waals surface area (Å²) in [4.78, 5) is 13.1. The Bertz CT molecular complexity index is 1540. The average molecular weight is 797 g/mol. The maximum atomic E-state index is 13.1. The van der Waals surface area contributed by atoms with Crippen LogP contribution in [0.2, 0.25) is 0 Å². The van der Waals surface area contributed by atoms with E-state index in [1.54, 1.807) is 0 Å². The monoisotopic (exact) mass is 796 g/mol. The molecule has 9 N–H and O–H groups in total. The summed E-state index contributed by atoms with van der Waals surface area (Å²) >= 11 is 0. The van der Waals surface area contributed by atoms with Gasteiger partial charge in [0.1, 0.15) is 42.7 Å². The number of fused-ring (bicyclic) bond motifs is 7. The van der Waals surface area contributed by atoms with Crippen molar-refractivity contribution >= 4 is 5.97 Å². The van der Waals surface area contributed by atoms with Gasteiger partial charge in [0.25, 0.3) is 0 Å². The molecule has 2 saturated heterocycles. The number of hydrogen-bond donors (Lipinski definition) is 9. The first-order valence-electron chi connectivity index (χ1n) is 20.9. The van der Waals surface area contributed by atoms with Gasteiger partial charge in [-0.1, -0.05) is 60.1 Å². The van der Waals surface area contributed by atoms with Gasteiger partial charge < -0.3 is 64.9 Å². The Morgan fingerprint density at radius 3 is 2.09 bits per heavy atom. The van der Waals surface area contributed by atoms with E-state index in [1.807, 2.05) is 13.8 Å². The van der Waals surface area contributed by atoms with Gasteiger partial charge in [-0.15, -0.1) is 0 Å². The van der Waals surface area contributed by atoms with Crippen molar-refractivity contribution in [1.29, 1.82) is 0 Å². The number of aliphatic hydroxyl groups excluding tert-OH is 8. The Morgan fingerprint density at radius 2 is 1.45 bits per heavy atom. The number of rotatable bonds is 6. The third-order valence-electron chi connectivity index (χ3n) is 17.4. The number of hydrogen-bond acceptors (Lipinski definition) is 13. The summed E-state index contributed by atoms with van der Waals surface area (Å²) in [6.45, 7) is 15.9. The molecule has 0 bridgehead atoms. The molecule has 2 aliphatic heterocycles. The predicted octanol–water partition coefficient (Wildman–Crippen LogP) is 1.85. The van der Waals surface area contributed by atoms with Crippen LogP contribution in [0.25, 0.3) is 0 Å². The van der Waals surface area contributed by atoms with E-state index in [0.717, 1.165) is 18.4 Å². The summed E-state index contributed by atoms with van der Waals surface area (Å²) in [5, 5.41) is 98.5. The molecule has 0 aromatic rings. The molecule has 320 valence electrons. The van der Waals surface area contributed by atoms with E-state index in [1.165, 1.54) is 6.92 Å². The lowest BCUT2D eigenvalue weighted by atomic mass is 9.33. The second-order valence-electron chi connectivity index (χ2n) is 20.8. The molecule has 4 saturated carbocycles. The number of carboxylic acid groups (broad SMARTS) is 1. The Hall–Kier alpha value is -1.27. The zero-order valence-electron chi connectivity index (χ0n) is 34.2. The largest absolute Gasteiger partial charge is 0.481 e. The Balaban J connectivity index is 1.18. The van der Waals surface area contributed by atoms with Crippen molar-refractivity contribution in [3.8, 4) is 0 Å². The van der Waals surface area contributed by atoms with Crippen molar-refractivity contribution in [2.45, 2.75) is 186 Å². The van der Waals surface area contributed by atoms with Gasteiger partial charge in [-0.05, 0) is 97.2 Å². The molecule has 20 unspecified atom stereocenters. The second-order valence-corrected chi connectivity index (χ2v) is 20.8. The number of allylic oxidation sites excluding steroid dienone is 1. The van der Waals surface area contributed by atoms with Gasteiger partial charge in [-0.25, -0.2) is 0 Å². The van der Waals surface area contributed by atoms with Crippen LogP contribution in [0.4, 0.5) is 0 Å². The average Bonchev–Trinajstić information content (AvgIpc) is 3.12. The first-order chi connectivity index (χ1) is 25.9. The number of ether oxygens (including phenoxy) is 4. The highest BCUT2D eigenvalue weighted by atomic mass is 16.8. The molecule has 0 aromatic carbocycles. The molecule has 7 rings (SSSR count). The molecule has 5 aliphatic carbocycles. The van der Waals surface area contributed by atoms with Crippen molar-refractivity contribution in [3.05, 3.63) is 11.6 Å². The predicted molar refractivity (Wildman–Crippen MR) is 199 cm³/mol. The van der Waals surface area contributed by atoms with Crippen LogP contribution in [0.3, 0.4) is 0 Å². The van der Waals surface area contributed by atoms with E-state index in [4.69, 9.17) is 18.9 Å². The maximum Gasteiger partial charge on any atom is 0.310 e. The standard InChI is InChI=1S/C42H68O14/c1-19-26(45)28(47)30(49)34(53-19)55-31-29(48)27(46)22(18-43)54-35(31)56-33-21(44)17-39(6)23(38(33,4)5)11-12-41(8)24(39)10-9-20-25-32(50)37(2,3)13-15-42(25,36(51)52)16-14-40(20,41)7/h9,19,21-35,43-50H,10-18H2,1-8H3,(H,51,52). The zero-order chi connectivity index (χ0) is 41.3. The van der Waals surface area contributed by atoms with Crippen molar-refractivity contribution in [1.82, 2.24) is 0 Å². The Labute approximate surface area is 330 Å². The normalized spacial score (nSPS) is 55.1. The molecule has 7 aliphatic rings. The molecular weight excluding hydrogens is 728 g/mol. The minimum Gasteiger partial charge on any atom is -0.481 e. The Kier molecular flexibility index (Phi) is 10.8. The summed E-state index contributed by atoms with van der Waals surface area (Å²) in [5.41, 5.74) is -2.02. The van der Waals surface area contributed by atoms with E-state index in [9.17, 15) is 50.8 Å². The summed E-state index contributed by atoms with van der Waals surface area (Å²) < 4.78 is 24.3. The van der Waals surface area contributed by atoms with E-state index in [2.05, 4.69) is 40.7 Å². The van der Waals surface area contributed by atoms with Gasteiger partial charge in [0.2, 0.25) is 0 Å². The van der Waals surface area contributed by atoms with Crippen molar-refractivity contribution < 1.29 is 69.7 Å². The quantitative estimate of drug-likeness (QED) is 0.138. The van der Waals surface area contributed by atoms with Gasteiger partial charge in [-0.3, -0.25) is 4.79 Å². The van der Waals surface area contributed by atoms with E-state index in [-0.39, 0.29) is 28.1 Å². The van der Waals surface area contributed by atoms with E-state index >= 15 is 0 Å². The maximum absolute atomic E-state index is 13.1. The number of aliphatic carboxylic acids is 1. The third-order valence-corrected chi connectivity index (χ3v) is 17.4. The van der Waals surface area contributed by atoms with Crippen molar-refractivity contribution in [2.75, 3.05) is 6.61 Å². The van der Waals surface area contributed by atoms with Crippen LogP contribution in [-0.2, 0) is 23.7 Å². The van der Waals surface area contributed by atoms with Crippen LogP contribution in [-0.4, -0.2) is 138 Å². The van der Waals surface area contributed by atoms with Crippen LogP contribution < -0.4 is 0 Å². The summed E-state index contributed by atoms with van der Waals surface area (Å²) in [5.74, 6) is -1.14. The molecule has 0 amide bonds. The molecule has 0 aromatic heterocycles. The SMILES string of the molecule is CC1OC(OC2C(OC3C(O)CC4(C)C(CCC5(C)C4CC=C4C6C(O)C(C)(C)CCC6(C(=O)O)CCC45C)C3(C)C)OC(CO)C(O)C2O)C(O)C(O)C1O. The molecule has 14 heteroatoms. The van der Waals surface area contributed by atoms with Crippen LogP contribution >= 0.6 is 0 Å². The highest BCUT2D eigenvalue weighted by Gasteiger charge is 2.71. The summed E-state index contributed by atoms with van der Waals surface area (Å²) in [6, 6.07) is 0. The molecule has 0 radical (unpaired) electrons. The van der Waals surface area contributed by atoms with Crippen LogP contribution in [0.1, 0.15) is 107 Å². The van der Waals surface area contributed by atoms with Crippen LogP contribution in [0.5, 0.6) is 0 Å². The third kappa shape index (κ3) is 5.97. The lowest BCUT2D eigenvalue weighted by Crippen LogP contribution is -2.69. The number of carbonyl (C=O) groups is 1.